The number of rotatable bonds is 9. The second-order valence-corrected chi connectivity index (χ2v) is 8.00. The van der Waals surface area contributed by atoms with Crippen LogP contribution in [-0.2, 0) is 21.1 Å². The van der Waals surface area contributed by atoms with Crippen molar-refractivity contribution < 1.29 is 18.3 Å². The second-order valence-electron chi connectivity index (χ2n) is 5.38. The Hall–Kier alpha value is -1.05. The summed E-state index contributed by atoms with van der Waals surface area (Å²) < 4.78 is 22.3. The standard InChI is InChI=1S/C15H23NO4S2/c1-22(19,20)8-7-14(10-17)16-15(18)13(11-21)9-12-5-3-2-4-6-12/h2-6,13-14,17,21H,7-11H2,1H3,(H,16,18)/t13-,14-/m0/s1. The molecule has 22 heavy (non-hydrogen) atoms. The molecule has 7 heteroatoms. The van der Waals surface area contributed by atoms with Crippen molar-refractivity contribution in [2.24, 2.45) is 5.92 Å². The molecule has 0 radical (unpaired) electrons. The largest absolute Gasteiger partial charge is 0.394 e. The lowest BCUT2D eigenvalue weighted by Gasteiger charge is -2.20. The predicted molar refractivity (Wildman–Crippen MR) is 90.8 cm³/mol. The number of carbonyl (C=O) groups is 1. The van der Waals surface area contributed by atoms with E-state index in [-0.39, 0.29) is 30.6 Å². The van der Waals surface area contributed by atoms with Gasteiger partial charge in [0.05, 0.1) is 24.3 Å². The maximum Gasteiger partial charge on any atom is 0.224 e. The minimum absolute atomic E-state index is 0.0667. The van der Waals surface area contributed by atoms with Gasteiger partial charge in [0.1, 0.15) is 9.84 Å². The van der Waals surface area contributed by atoms with Crippen molar-refractivity contribution in [3.05, 3.63) is 35.9 Å². The number of aliphatic hydroxyl groups excluding tert-OH is 1. The molecule has 0 bridgehead atoms. The first-order valence-electron chi connectivity index (χ1n) is 7.09. The number of amides is 1. The Kier molecular flexibility index (Phi) is 7.92. The molecular formula is C15H23NO4S2. The molecule has 0 saturated heterocycles. The number of carbonyl (C=O) groups excluding carboxylic acids is 1. The number of sulfone groups is 1. The highest BCUT2D eigenvalue weighted by Gasteiger charge is 2.21. The fourth-order valence-corrected chi connectivity index (χ4v) is 3.03. The number of hydrogen-bond donors (Lipinski definition) is 3. The van der Waals surface area contributed by atoms with Crippen molar-refractivity contribution >= 4 is 28.4 Å². The fourth-order valence-electron chi connectivity index (χ4n) is 2.02. The first kappa shape index (κ1) is 19.0. The summed E-state index contributed by atoms with van der Waals surface area (Å²) in [5, 5.41) is 12.0. The van der Waals surface area contributed by atoms with Crippen molar-refractivity contribution in [1.29, 1.82) is 0 Å². The zero-order chi connectivity index (χ0) is 16.6. The summed E-state index contributed by atoms with van der Waals surface area (Å²) in [6, 6.07) is 9.05. The predicted octanol–water partition coefficient (Wildman–Crippen LogP) is 0.687. The molecule has 1 aromatic rings. The van der Waals surface area contributed by atoms with E-state index in [9.17, 15) is 18.3 Å². The average molecular weight is 345 g/mol. The zero-order valence-electron chi connectivity index (χ0n) is 12.6. The van der Waals surface area contributed by atoms with Gasteiger partial charge in [-0.05, 0) is 18.4 Å². The zero-order valence-corrected chi connectivity index (χ0v) is 14.3. The topological polar surface area (TPSA) is 83.5 Å². The third-order valence-corrected chi connectivity index (χ3v) is 4.74. The van der Waals surface area contributed by atoms with Gasteiger partial charge in [-0.2, -0.15) is 12.6 Å². The number of hydrogen-bond acceptors (Lipinski definition) is 5. The molecule has 0 aliphatic rings. The van der Waals surface area contributed by atoms with Crippen LogP contribution in [0.1, 0.15) is 12.0 Å². The van der Waals surface area contributed by atoms with Crippen molar-refractivity contribution in [3.8, 4) is 0 Å². The molecule has 0 spiro atoms. The average Bonchev–Trinajstić information content (AvgIpc) is 2.48. The van der Waals surface area contributed by atoms with Gasteiger partial charge in [-0.1, -0.05) is 30.3 Å². The molecule has 2 atom stereocenters. The molecule has 0 fully saturated rings. The van der Waals surface area contributed by atoms with Crippen LogP contribution in [0, 0.1) is 5.92 Å². The summed E-state index contributed by atoms with van der Waals surface area (Å²) in [7, 11) is -3.12. The van der Waals surface area contributed by atoms with Crippen molar-refractivity contribution in [3.63, 3.8) is 0 Å². The van der Waals surface area contributed by atoms with Gasteiger partial charge in [0, 0.05) is 12.0 Å². The van der Waals surface area contributed by atoms with Crippen LogP contribution in [0.4, 0.5) is 0 Å². The van der Waals surface area contributed by atoms with Gasteiger partial charge in [-0.15, -0.1) is 0 Å². The van der Waals surface area contributed by atoms with E-state index in [2.05, 4.69) is 17.9 Å². The minimum Gasteiger partial charge on any atom is -0.394 e. The highest BCUT2D eigenvalue weighted by Crippen LogP contribution is 2.11. The molecule has 0 aromatic heterocycles. The van der Waals surface area contributed by atoms with E-state index in [4.69, 9.17) is 0 Å². The second kappa shape index (κ2) is 9.17. The van der Waals surface area contributed by atoms with E-state index < -0.39 is 15.9 Å². The van der Waals surface area contributed by atoms with Gasteiger partial charge in [0.15, 0.2) is 0 Å². The van der Waals surface area contributed by atoms with Gasteiger partial charge in [0.25, 0.3) is 0 Å². The van der Waals surface area contributed by atoms with E-state index in [1.165, 1.54) is 0 Å². The van der Waals surface area contributed by atoms with Crippen molar-refractivity contribution in [1.82, 2.24) is 5.32 Å². The number of benzene rings is 1. The molecule has 1 amide bonds. The lowest BCUT2D eigenvalue weighted by molar-refractivity contribution is -0.125. The maximum absolute atomic E-state index is 12.3. The quantitative estimate of drug-likeness (QED) is 0.575. The molecule has 1 rings (SSSR count). The molecule has 0 saturated carbocycles. The normalized spacial score (nSPS) is 14.3. The minimum atomic E-state index is -3.12. The lowest BCUT2D eigenvalue weighted by Crippen LogP contribution is -2.43. The van der Waals surface area contributed by atoms with Crippen LogP contribution < -0.4 is 5.32 Å². The van der Waals surface area contributed by atoms with Crippen molar-refractivity contribution in [2.45, 2.75) is 18.9 Å². The molecule has 0 unspecified atom stereocenters. The fraction of sp³-hybridized carbons (Fsp3) is 0.533. The van der Waals surface area contributed by atoms with Gasteiger partial charge >= 0.3 is 0 Å². The summed E-state index contributed by atoms with van der Waals surface area (Å²) in [5.41, 5.74) is 1.04. The molecule has 0 heterocycles. The van der Waals surface area contributed by atoms with Gasteiger partial charge < -0.3 is 10.4 Å². The number of aliphatic hydroxyl groups is 1. The van der Waals surface area contributed by atoms with E-state index in [0.29, 0.717) is 12.2 Å². The molecule has 5 nitrogen and oxygen atoms in total. The summed E-state index contributed by atoms with van der Waals surface area (Å²) in [6.45, 7) is -0.286. The Morgan fingerprint density at radius 2 is 1.95 bits per heavy atom. The summed E-state index contributed by atoms with van der Waals surface area (Å²) in [4.78, 5) is 12.3. The molecular weight excluding hydrogens is 322 g/mol. The van der Waals surface area contributed by atoms with E-state index in [0.717, 1.165) is 11.8 Å². The lowest BCUT2D eigenvalue weighted by atomic mass is 9.99. The van der Waals surface area contributed by atoms with Gasteiger partial charge in [-0.3, -0.25) is 4.79 Å². The SMILES string of the molecule is CS(=O)(=O)CC[C@@H](CO)NC(=O)[C@H](CS)Cc1ccccc1. The molecule has 2 N–H and O–H groups in total. The Morgan fingerprint density at radius 3 is 2.45 bits per heavy atom. The van der Waals surface area contributed by atoms with E-state index in [1.54, 1.807) is 0 Å². The highest BCUT2D eigenvalue weighted by molar-refractivity contribution is 7.90. The Bertz CT molecular complexity index is 560. The van der Waals surface area contributed by atoms with Crippen LogP contribution in [0.25, 0.3) is 0 Å². The first-order chi connectivity index (χ1) is 10.4. The molecule has 0 aliphatic carbocycles. The van der Waals surface area contributed by atoms with Crippen molar-refractivity contribution in [2.75, 3.05) is 24.4 Å². The van der Waals surface area contributed by atoms with E-state index in [1.807, 2.05) is 30.3 Å². The smallest absolute Gasteiger partial charge is 0.224 e. The van der Waals surface area contributed by atoms with Gasteiger partial charge in [-0.25, -0.2) is 8.42 Å². The van der Waals surface area contributed by atoms with Crippen LogP contribution >= 0.6 is 12.6 Å². The molecule has 1 aromatic carbocycles. The Morgan fingerprint density at radius 1 is 1.32 bits per heavy atom. The highest BCUT2D eigenvalue weighted by atomic mass is 32.2. The maximum atomic E-state index is 12.3. The monoisotopic (exact) mass is 345 g/mol. The summed E-state index contributed by atoms with van der Waals surface area (Å²) >= 11 is 4.22. The third-order valence-electron chi connectivity index (χ3n) is 3.32. The van der Waals surface area contributed by atoms with Gasteiger partial charge in [0.2, 0.25) is 5.91 Å². The van der Waals surface area contributed by atoms with Crippen LogP contribution in [0.15, 0.2) is 30.3 Å². The Balaban J connectivity index is 2.59. The van der Waals surface area contributed by atoms with Crippen LogP contribution in [0.3, 0.4) is 0 Å². The van der Waals surface area contributed by atoms with Crippen LogP contribution in [-0.4, -0.2) is 49.8 Å². The molecule has 124 valence electrons. The van der Waals surface area contributed by atoms with Crippen LogP contribution in [0.5, 0.6) is 0 Å². The summed E-state index contributed by atoms with van der Waals surface area (Å²) in [6.07, 6.45) is 1.89. The third kappa shape index (κ3) is 7.29. The van der Waals surface area contributed by atoms with Crippen LogP contribution in [0.2, 0.25) is 0 Å². The number of thiol groups is 1. The van der Waals surface area contributed by atoms with E-state index >= 15 is 0 Å². The number of nitrogens with one attached hydrogen (secondary N) is 1. The first-order valence-corrected chi connectivity index (χ1v) is 9.78. The molecule has 0 aliphatic heterocycles. The Labute approximate surface area is 137 Å². The summed E-state index contributed by atoms with van der Waals surface area (Å²) in [5.74, 6) is -0.224.